The fraction of sp³-hybridized carbons (Fsp3) is 0.500. The highest BCUT2D eigenvalue weighted by molar-refractivity contribution is 5.96. The Morgan fingerprint density at radius 1 is 1.39 bits per heavy atom. The lowest BCUT2D eigenvalue weighted by molar-refractivity contribution is 0.0930. The van der Waals surface area contributed by atoms with E-state index in [2.05, 4.69) is 10.6 Å². The van der Waals surface area contributed by atoms with E-state index < -0.39 is 0 Å². The molecule has 1 amide bonds. The number of carbonyl (C=O) groups excluding carboxylic acids is 1. The van der Waals surface area contributed by atoms with Crippen LogP contribution in [0.4, 0.5) is 0 Å². The van der Waals surface area contributed by atoms with E-state index >= 15 is 0 Å². The summed E-state index contributed by atoms with van der Waals surface area (Å²) in [6.07, 6.45) is 2.21. The Balaban J connectivity index is 0.00000162. The van der Waals surface area contributed by atoms with Gasteiger partial charge in [0.25, 0.3) is 5.91 Å². The molecule has 0 radical (unpaired) electrons. The van der Waals surface area contributed by atoms with Crippen molar-refractivity contribution < 1.29 is 4.79 Å². The third kappa shape index (κ3) is 3.47. The lowest BCUT2D eigenvalue weighted by Gasteiger charge is -2.24. The maximum absolute atomic E-state index is 12.1. The first kappa shape index (κ1) is 15.0. The number of rotatable bonds is 2. The fourth-order valence-corrected chi connectivity index (χ4v) is 2.24. The van der Waals surface area contributed by atoms with Crippen molar-refractivity contribution >= 4 is 18.3 Å². The van der Waals surface area contributed by atoms with Gasteiger partial charge in [-0.2, -0.15) is 0 Å². The zero-order valence-corrected chi connectivity index (χ0v) is 11.8. The van der Waals surface area contributed by atoms with Crippen molar-refractivity contribution in [3.05, 3.63) is 34.9 Å². The monoisotopic (exact) mass is 268 g/mol. The number of piperidine rings is 1. The number of carbonyl (C=O) groups is 1. The number of hydrogen-bond donors (Lipinski definition) is 2. The van der Waals surface area contributed by atoms with Crippen LogP contribution < -0.4 is 10.6 Å². The van der Waals surface area contributed by atoms with Gasteiger partial charge in [-0.3, -0.25) is 4.79 Å². The van der Waals surface area contributed by atoms with Gasteiger partial charge >= 0.3 is 0 Å². The summed E-state index contributed by atoms with van der Waals surface area (Å²) in [6, 6.07) is 6.15. The van der Waals surface area contributed by atoms with Crippen LogP contribution in [0.25, 0.3) is 0 Å². The van der Waals surface area contributed by atoms with Crippen LogP contribution in [0.3, 0.4) is 0 Å². The van der Waals surface area contributed by atoms with Crippen LogP contribution in [-0.4, -0.2) is 25.0 Å². The maximum Gasteiger partial charge on any atom is 0.251 e. The van der Waals surface area contributed by atoms with E-state index in [9.17, 15) is 4.79 Å². The number of benzene rings is 1. The summed E-state index contributed by atoms with van der Waals surface area (Å²) in [5, 5.41) is 6.40. The molecule has 1 aliphatic heterocycles. The fourth-order valence-electron chi connectivity index (χ4n) is 2.24. The van der Waals surface area contributed by atoms with Gasteiger partial charge < -0.3 is 10.6 Å². The second-order valence-electron chi connectivity index (χ2n) is 4.76. The Labute approximate surface area is 115 Å². The highest BCUT2D eigenvalue weighted by Crippen LogP contribution is 2.13. The van der Waals surface area contributed by atoms with Crippen molar-refractivity contribution in [2.45, 2.75) is 32.7 Å². The van der Waals surface area contributed by atoms with Crippen molar-refractivity contribution in [3.63, 3.8) is 0 Å². The number of aryl methyl sites for hydroxylation is 1. The quantitative estimate of drug-likeness (QED) is 0.864. The second-order valence-corrected chi connectivity index (χ2v) is 4.76. The number of nitrogens with one attached hydrogen (secondary N) is 2. The van der Waals surface area contributed by atoms with Gasteiger partial charge in [0, 0.05) is 18.2 Å². The maximum atomic E-state index is 12.1. The molecule has 0 spiro atoms. The third-order valence-electron chi connectivity index (χ3n) is 3.48. The van der Waals surface area contributed by atoms with E-state index in [1.165, 1.54) is 5.56 Å². The highest BCUT2D eigenvalue weighted by atomic mass is 35.5. The lowest BCUT2D eigenvalue weighted by Crippen LogP contribution is -2.45. The number of amides is 1. The van der Waals surface area contributed by atoms with Crippen LogP contribution in [0, 0.1) is 13.8 Å². The SMILES string of the molecule is Cc1cccc(C(=O)N[C@H]2CCCNC2)c1C.Cl. The molecule has 1 aromatic carbocycles. The van der Waals surface area contributed by atoms with E-state index in [0.717, 1.165) is 37.1 Å². The summed E-state index contributed by atoms with van der Waals surface area (Å²) in [5.41, 5.74) is 3.05. The molecule has 1 aromatic rings. The molecule has 1 fully saturated rings. The molecule has 1 atom stereocenters. The minimum atomic E-state index is 0. The first-order valence-electron chi connectivity index (χ1n) is 6.26. The number of hydrogen-bond acceptors (Lipinski definition) is 2. The first-order chi connectivity index (χ1) is 8.18. The molecule has 0 aromatic heterocycles. The van der Waals surface area contributed by atoms with E-state index in [1.54, 1.807) is 0 Å². The van der Waals surface area contributed by atoms with Crippen LogP contribution in [0.2, 0.25) is 0 Å². The summed E-state index contributed by atoms with van der Waals surface area (Å²) in [6.45, 7) is 5.99. The predicted molar refractivity (Wildman–Crippen MR) is 76.5 cm³/mol. The molecule has 0 bridgehead atoms. The molecule has 4 heteroatoms. The van der Waals surface area contributed by atoms with Gasteiger partial charge in [-0.1, -0.05) is 12.1 Å². The van der Waals surface area contributed by atoms with Crippen LogP contribution in [0.5, 0.6) is 0 Å². The van der Waals surface area contributed by atoms with Crippen molar-refractivity contribution in [1.29, 1.82) is 0 Å². The Bertz CT molecular complexity index is 414. The summed E-state index contributed by atoms with van der Waals surface area (Å²) in [5.74, 6) is 0.0555. The predicted octanol–water partition coefficient (Wildman–Crippen LogP) is 2.21. The van der Waals surface area contributed by atoms with Gasteiger partial charge in [-0.05, 0) is 50.4 Å². The zero-order valence-electron chi connectivity index (χ0n) is 11.0. The standard InChI is InChI=1S/C14H20N2O.ClH/c1-10-5-3-7-13(11(10)2)14(17)16-12-6-4-8-15-9-12;/h3,5,7,12,15H,4,6,8-9H2,1-2H3,(H,16,17);1H/t12-;/m0./s1. The van der Waals surface area contributed by atoms with E-state index in [4.69, 9.17) is 0 Å². The molecule has 1 aliphatic rings. The molecule has 3 nitrogen and oxygen atoms in total. The minimum absolute atomic E-state index is 0. The Kier molecular flexibility index (Phi) is 5.63. The molecule has 1 heterocycles. The average molecular weight is 269 g/mol. The topological polar surface area (TPSA) is 41.1 Å². The van der Waals surface area contributed by atoms with Crippen LogP contribution in [-0.2, 0) is 0 Å². The van der Waals surface area contributed by atoms with Gasteiger partial charge in [0.15, 0.2) is 0 Å². The van der Waals surface area contributed by atoms with Crippen LogP contribution >= 0.6 is 12.4 Å². The second kappa shape index (κ2) is 6.76. The molecule has 18 heavy (non-hydrogen) atoms. The first-order valence-corrected chi connectivity index (χ1v) is 6.26. The van der Waals surface area contributed by atoms with Gasteiger partial charge in [0.1, 0.15) is 0 Å². The molecule has 100 valence electrons. The van der Waals surface area contributed by atoms with Crippen LogP contribution in [0.15, 0.2) is 18.2 Å². The van der Waals surface area contributed by atoms with Crippen molar-refractivity contribution in [3.8, 4) is 0 Å². The zero-order chi connectivity index (χ0) is 12.3. The lowest BCUT2D eigenvalue weighted by atomic mass is 10.0. The van der Waals surface area contributed by atoms with Crippen molar-refractivity contribution in [2.75, 3.05) is 13.1 Å². The van der Waals surface area contributed by atoms with E-state index in [-0.39, 0.29) is 24.4 Å². The Morgan fingerprint density at radius 3 is 2.83 bits per heavy atom. The minimum Gasteiger partial charge on any atom is -0.348 e. The highest BCUT2D eigenvalue weighted by Gasteiger charge is 2.17. The van der Waals surface area contributed by atoms with E-state index in [1.807, 2.05) is 32.0 Å². The molecular formula is C14H21ClN2O. The number of halogens is 1. The summed E-state index contributed by atoms with van der Waals surface area (Å²) in [4.78, 5) is 12.1. The summed E-state index contributed by atoms with van der Waals surface area (Å²) in [7, 11) is 0. The smallest absolute Gasteiger partial charge is 0.251 e. The molecule has 2 rings (SSSR count). The molecule has 0 saturated carbocycles. The normalized spacial score (nSPS) is 18.9. The van der Waals surface area contributed by atoms with Gasteiger partial charge in [0.05, 0.1) is 0 Å². The van der Waals surface area contributed by atoms with Gasteiger partial charge in [0.2, 0.25) is 0 Å². The van der Waals surface area contributed by atoms with Crippen molar-refractivity contribution in [1.82, 2.24) is 10.6 Å². The van der Waals surface area contributed by atoms with Gasteiger partial charge in [-0.15, -0.1) is 12.4 Å². The van der Waals surface area contributed by atoms with Crippen molar-refractivity contribution in [2.24, 2.45) is 0 Å². The summed E-state index contributed by atoms with van der Waals surface area (Å²) >= 11 is 0. The Morgan fingerprint density at radius 2 is 2.17 bits per heavy atom. The van der Waals surface area contributed by atoms with E-state index in [0.29, 0.717) is 0 Å². The largest absolute Gasteiger partial charge is 0.348 e. The molecule has 0 aliphatic carbocycles. The average Bonchev–Trinajstić information content (AvgIpc) is 2.34. The molecular weight excluding hydrogens is 248 g/mol. The Hall–Kier alpha value is -1.06. The van der Waals surface area contributed by atoms with Crippen LogP contribution in [0.1, 0.15) is 34.3 Å². The molecule has 1 saturated heterocycles. The molecule has 0 unspecified atom stereocenters. The van der Waals surface area contributed by atoms with Gasteiger partial charge in [-0.25, -0.2) is 0 Å². The summed E-state index contributed by atoms with van der Waals surface area (Å²) < 4.78 is 0. The third-order valence-corrected chi connectivity index (χ3v) is 3.48. The molecule has 2 N–H and O–H groups in total.